The van der Waals surface area contributed by atoms with Gasteiger partial charge in [0.15, 0.2) is 0 Å². The zero-order valence-corrected chi connectivity index (χ0v) is 28.3. The molecule has 0 radical (unpaired) electrons. The van der Waals surface area contributed by atoms with Gasteiger partial charge in [-0.15, -0.1) is 0 Å². The molecule has 7 rings (SSSR count). The highest BCUT2D eigenvalue weighted by molar-refractivity contribution is 6.36. The van der Waals surface area contributed by atoms with E-state index in [2.05, 4.69) is 16.3 Å². The number of amides is 2. The molecule has 11 nitrogen and oxygen atoms in total. The summed E-state index contributed by atoms with van der Waals surface area (Å²) >= 11 is 7.14. The monoisotopic (exact) mass is 668 g/mol. The zero-order valence-electron chi connectivity index (χ0n) is 27.6. The number of carbonyl (C=O) groups is 2. The second kappa shape index (κ2) is 11.7. The minimum Gasteiger partial charge on any atom is -0.481 e. The molecule has 1 unspecified atom stereocenters. The lowest BCUT2D eigenvalue weighted by molar-refractivity contribution is -0.161. The third kappa shape index (κ3) is 5.12. The molecule has 1 spiro atoms. The minimum atomic E-state index is -0.670. The van der Waals surface area contributed by atoms with Crippen molar-refractivity contribution in [1.82, 2.24) is 23.9 Å². The summed E-state index contributed by atoms with van der Waals surface area (Å²) in [5.41, 5.74) is 5.59. The maximum Gasteiger partial charge on any atom is 0.330 e. The number of rotatable bonds is 6. The number of benzene rings is 2. The summed E-state index contributed by atoms with van der Waals surface area (Å²) in [4.78, 5) is 59.0. The van der Waals surface area contributed by atoms with Crippen LogP contribution in [0.3, 0.4) is 0 Å². The normalized spacial score (nSPS) is 17.9. The van der Waals surface area contributed by atoms with Crippen LogP contribution in [0, 0.1) is 12.3 Å². The summed E-state index contributed by atoms with van der Waals surface area (Å²) < 4.78 is 7.99. The van der Waals surface area contributed by atoms with Crippen LogP contribution in [0.25, 0.3) is 22.4 Å². The molecule has 48 heavy (non-hydrogen) atoms. The van der Waals surface area contributed by atoms with E-state index in [1.54, 1.807) is 20.1 Å². The maximum absolute atomic E-state index is 13.2. The number of aryl methyl sites for hydroxylation is 2. The number of anilines is 1. The van der Waals surface area contributed by atoms with Crippen molar-refractivity contribution in [2.45, 2.75) is 32.7 Å². The predicted molar refractivity (Wildman–Crippen MR) is 184 cm³/mol. The summed E-state index contributed by atoms with van der Waals surface area (Å²) in [6.45, 7) is 7.14. The quantitative estimate of drug-likeness (QED) is 0.327. The molecule has 2 aliphatic heterocycles. The Bertz CT molecular complexity index is 2120. The first-order valence-corrected chi connectivity index (χ1v) is 16.3. The van der Waals surface area contributed by atoms with Crippen LogP contribution in [0.5, 0.6) is 5.88 Å². The molecular weight excluding hydrogens is 632 g/mol. The van der Waals surface area contributed by atoms with Crippen molar-refractivity contribution in [2.75, 3.05) is 38.6 Å². The third-order valence-electron chi connectivity index (χ3n) is 10.2. The molecular formula is C36H37ClN6O5. The van der Waals surface area contributed by atoms with E-state index < -0.39 is 17.2 Å². The van der Waals surface area contributed by atoms with Gasteiger partial charge in [-0.05, 0) is 48.6 Å². The van der Waals surface area contributed by atoms with E-state index in [1.165, 1.54) is 30.4 Å². The number of nitrogens with one attached hydrogen (secondary N) is 1. The number of likely N-dealkylation sites (tertiary alicyclic amines) is 2. The average Bonchev–Trinajstić information content (AvgIpc) is 3.45. The predicted octanol–water partition coefficient (Wildman–Crippen LogP) is 4.19. The zero-order chi connectivity index (χ0) is 34.1. The van der Waals surface area contributed by atoms with E-state index in [9.17, 15) is 19.2 Å². The molecule has 12 heteroatoms. The number of carbonyl (C=O) groups excluding carboxylic acids is 2. The SMILES string of the molecule is COc1nc(-c2cccc(-c3cccc(NC(=O)c4cn(C)c(=O)n(C)c4=O)c3C)c2Cl)cc2c1C(N1CC3(CN(C(C)=O)C3)C1)CC2. The highest BCUT2D eigenvalue weighted by atomic mass is 35.5. The smallest absolute Gasteiger partial charge is 0.330 e. The van der Waals surface area contributed by atoms with E-state index in [0.717, 1.165) is 77.1 Å². The lowest BCUT2D eigenvalue weighted by Crippen LogP contribution is -2.72. The van der Waals surface area contributed by atoms with Crippen molar-refractivity contribution in [2.24, 2.45) is 19.5 Å². The number of methoxy groups -OCH3 is 1. The fourth-order valence-corrected chi connectivity index (χ4v) is 7.94. The molecule has 4 heterocycles. The van der Waals surface area contributed by atoms with Gasteiger partial charge in [-0.25, -0.2) is 9.78 Å². The Hall–Kier alpha value is -4.74. The maximum atomic E-state index is 13.2. The number of halogens is 1. The van der Waals surface area contributed by atoms with Crippen LogP contribution in [-0.4, -0.2) is 69.0 Å². The van der Waals surface area contributed by atoms with Gasteiger partial charge in [0.05, 0.1) is 17.8 Å². The van der Waals surface area contributed by atoms with Crippen molar-refractivity contribution >= 4 is 29.1 Å². The van der Waals surface area contributed by atoms with E-state index in [-0.39, 0.29) is 22.9 Å². The number of fused-ring (bicyclic) bond motifs is 1. The lowest BCUT2D eigenvalue weighted by atomic mass is 9.72. The number of ether oxygens (including phenoxy) is 1. The first-order chi connectivity index (χ1) is 22.9. The Morgan fingerprint density at radius 1 is 1.02 bits per heavy atom. The third-order valence-corrected chi connectivity index (χ3v) is 10.6. The van der Waals surface area contributed by atoms with E-state index in [1.807, 2.05) is 42.2 Å². The van der Waals surface area contributed by atoms with E-state index >= 15 is 0 Å². The number of hydrogen-bond donors (Lipinski definition) is 1. The Morgan fingerprint density at radius 2 is 1.71 bits per heavy atom. The average molecular weight is 669 g/mol. The molecule has 1 atom stereocenters. The molecule has 3 aliphatic rings. The van der Waals surface area contributed by atoms with Crippen molar-refractivity contribution in [1.29, 1.82) is 0 Å². The molecule has 2 aromatic carbocycles. The van der Waals surface area contributed by atoms with Crippen LogP contribution in [-0.2, 0) is 25.3 Å². The van der Waals surface area contributed by atoms with Crippen molar-refractivity contribution in [3.63, 3.8) is 0 Å². The van der Waals surface area contributed by atoms with E-state index in [4.69, 9.17) is 21.3 Å². The molecule has 2 fully saturated rings. The second-order valence-corrected chi connectivity index (χ2v) is 13.7. The fraction of sp³-hybridized carbons (Fsp3) is 0.361. The Labute approximate surface area is 282 Å². The summed E-state index contributed by atoms with van der Waals surface area (Å²) in [5.74, 6) is 0.141. The number of aromatic nitrogens is 3. The molecule has 2 aromatic heterocycles. The van der Waals surface area contributed by atoms with Crippen LogP contribution in [0.4, 0.5) is 5.69 Å². The van der Waals surface area contributed by atoms with Gasteiger partial charge in [-0.2, -0.15) is 0 Å². The number of hydrogen-bond acceptors (Lipinski definition) is 7. The molecule has 2 saturated heterocycles. The highest BCUT2D eigenvalue weighted by Gasteiger charge is 2.55. The first kappa shape index (κ1) is 31.8. The van der Waals surface area contributed by atoms with Crippen molar-refractivity contribution in [3.05, 3.63) is 96.8 Å². The molecule has 0 saturated carbocycles. The van der Waals surface area contributed by atoms with Crippen LogP contribution in [0.1, 0.15) is 46.4 Å². The highest BCUT2D eigenvalue weighted by Crippen LogP contribution is 2.50. The fourth-order valence-electron chi connectivity index (χ4n) is 7.62. The molecule has 0 bridgehead atoms. The van der Waals surface area contributed by atoms with E-state index in [0.29, 0.717) is 16.6 Å². The van der Waals surface area contributed by atoms with Gasteiger partial charge >= 0.3 is 5.69 Å². The Balaban J connectivity index is 1.16. The molecule has 248 valence electrons. The largest absolute Gasteiger partial charge is 0.481 e. The van der Waals surface area contributed by atoms with Gasteiger partial charge in [0.25, 0.3) is 11.5 Å². The van der Waals surface area contributed by atoms with Gasteiger partial charge in [0, 0.05) is 87.2 Å². The Kier molecular flexibility index (Phi) is 7.79. The van der Waals surface area contributed by atoms with Gasteiger partial charge < -0.3 is 19.5 Å². The molecule has 1 aliphatic carbocycles. The van der Waals surface area contributed by atoms with Gasteiger partial charge in [0.1, 0.15) is 5.56 Å². The second-order valence-electron chi connectivity index (χ2n) is 13.3. The Morgan fingerprint density at radius 3 is 2.42 bits per heavy atom. The van der Waals surface area contributed by atoms with Crippen LogP contribution >= 0.6 is 11.6 Å². The van der Waals surface area contributed by atoms with Crippen LogP contribution < -0.4 is 21.3 Å². The summed E-state index contributed by atoms with van der Waals surface area (Å²) in [7, 11) is 4.49. The van der Waals surface area contributed by atoms with Crippen molar-refractivity contribution < 1.29 is 14.3 Å². The topological polar surface area (TPSA) is 119 Å². The standard InChI is InChI=1S/C36H37ClN6O5/c1-20-23(8-7-11-27(20)38-32(45)26-15-40(3)35(47)41(4)34(26)46)24-9-6-10-25(31(24)37)28-14-22-12-13-29(30(22)33(39-28)48-5)43-18-36(19-43)16-42(17-36)21(2)44/h6-11,14-15,29H,12-13,16-19H2,1-5H3,(H,38,45). The minimum absolute atomic E-state index is 0.139. The number of nitrogens with zero attached hydrogens (tertiary/aromatic N) is 5. The number of pyridine rings is 1. The molecule has 1 N–H and O–H groups in total. The first-order valence-electron chi connectivity index (χ1n) is 16.0. The lowest BCUT2D eigenvalue weighted by Gasteiger charge is -2.61. The van der Waals surface area contributed by atoms with Crippen molar-refractivity contribution in [3.8, 4) is 28.3 Å². The van der Waals surface area contributed by atoms with Gasteiger partial charge in [-0.3, -0.25) is 23.9 Å². The van der Waals surface area contributed by atoms with Crippen LogP contribution in [0.2, 0.25) is 5.02 Å². The summed E-state index contributed by atoms with van der Waals surface area (Å²) in [5, 5.41) is 3.36. The van der Waals surface area contributed by atoms with Gasteiger partial charge in [0.2, 0.25) is 11.8 Å². The summed E-state index contributed by atoms with van der Waals surface area (Å²) in [6, 6.07) is 13.7. The molecule has 4 aromatic rings. The van der Waals surface area contributed by atoms with Crippen LogP contribution in [0.15, 0.2) is 58.3 Å². The van der Waals surface area contributed by atoms with Gasteiger partial charge in [-0.1, -0.05) is 41.9 Å². The summed E-state index contributed by atoms with van der Waals surface area (Å²) in [6.07, 6.45) is 3.14. The molecule has 2 amide bonds.